The molecule has 2 heterocycles. The Morgan fingerprint density at radius 2 is 1.76 bits per heavy atom. The van der Waals surface area contributed by atoms with Crippen molar-refractivity contribution in [1.29, 1.82) is 0 Å². The molecule has 1 fully saturated rings. The number of amides is 3. The van der Waals surface area contributed by atoms with Gasteiger partial charge in [-0.05, 0) is 83.1 Å². The molecular weight excluding hydrogens is 412 g/mol. The van der Waals surface area contributed by atoms with Crippen LogP contribution in [0.2, 0.25) is 0 Å². The van der Waals surface area contributed by atoms with Gasteiger partial charge in [0.05, 0.1) is 11.4 Å². The van der Waals surface area contributed by atoms with Crippen molar-refractivity contribution < 1.29 is 9.59 Å². The summed E-state index contributed by atoms with van der Waals surface area (Å²) in [4.78, 5) is 31.6. The monoisotopic (exact) mass is 450 g/mol. The number of aryl methyl sites for hydroxylation is 5. The Labute approximate surface area is 198 Å². The molecule has 6 nitrogen and oxygen atoms in total. The first-order valence-electron chi connectivity index (χ1n) is 12.1. The number of anilines is 1. The number of nitrogens with one attached hydrogen (secondary N) is 2. The molecule has 0 saturated carbocycles. The Morgan fingerprint density at radius 1 is 1.03 bits per heavy atom. The second-order valence-electron chi connectivity index (χ2n) is 9.50. The van der Waals surface area contributed by atoms with Crippen molar-refractivity contribution in [2.45, 2.75) is 66.7 Å². The maximum atomic E-state index is 13.1. The SMILES string of the molecule is Cc1cc(C)c(C(=O)N2CCC(CCCCCNC(=O)Nc3ccc(C)nc3C)C2)c(C)c1. The van der Waals surface area contributed by atoms with Crippen LogP contribution in [0.15, 0.2) is 24.3 Å². The second kappa shape index (κ2) is 11.3. The molecule has 0 bridgehead atoms. The lowest BCUT2D eigenvalue weighted by atomic mass is 9.98. The van der Waals surface area contributed by atoms with Gasteiger partial charge in [0.2, 0.25) is 0 Å². The van der Waals surface area contributed by atoms with Crippen molar-refractivity contribution >= 4 is 17.6 Å². The summed E-state index contributed by atoms with van der Waals surface area (Å²) in [6.45, 7) is 12.3. The number of hydrogen-bond donors (Lipinski definition) is 2. The molecule has 2 N–H and O–H groups in total. The summed E-state index contributed by atoms with van der Waals surface area (Å²) in [6.07, 6.45) is 5.37. The molecule has 0 spiro atoms. The van der Waals surface area contributed by atoms with Gasteiger partial charge in [0.15, 0.2) is 0 Å². The Balaban J connectivity index is 1.33. The highest BCUT2D eigenvalue weighted by Crippen LogP contribution is 2.26. The molecule has 3 amide bonds. The first-order valence-corrected chi connectivity index (χ1v) is 12.1. The van der Waals surface area contributed by atoms with E-state index in [0.717, 1.165) is 79.0 Å². The lowest BCUT2D eigenvalue weighted by molar-refractivity contribution is 0.0785. The molecule has 0 radical (unpaired) electrons. The fraction of sp³-hybridized carbons (Fsp3) is 0.519. The standard InChI is InChI=1S/C27H38N4O2/c1-18-15-19(2)25(20(3)16-18)26(32)31-14-12-23(17-31)9-7-6-8-13-28-27(33)30-24-11-10-21(4)29-22(24)5/h10-11,15-16,23H,6-9,12-14,17H2,1-5H3,(H2,28,30,33). The third kappa shape index (κ3) is 6.80. The minimum atomic E-state index is -0.185. The molecule has 178 valence electrons. The normalized spacial score (nSPS) is 15.5. The van der Waals surface area contributed by atoms with Gasteiger partial charge >= 0.3 is 6.03 Å². The molecular formula is C27H38N4O2. The number of carbonyl (C=O) groups excluding carboxylic acids is 2. The Bertz CT molecular complexity index is 979. The fourth-order valence-corrected chi connectivity index (χ4v) is 4.85. The highest BCUT2D eigenvalue weighted by Gasteiger charge is 2.28. The number of benzene rings is 1. The third-order valence-corrected chi connectivity index (χ3v) is 6.51. The van der Waals surface area contributed by atoms with Crippen molar-refractivity contribution in [3.8, 4) is 0 Å². The average Bonchev–Trinajstić information content (AvgIpc) is 3.21. The molecule has 33 heavy (non-hydrogen) atoms. The molecule has 1 aliphatic heterocycles. The van der Waals surface area contributed by atoms with Crippen molar-refractivity contribution in [1.82, 2.24) is 15.2 Å². The van der Waals surface area contributed by atoms with Gasteiger partial charge < -0.3 is 15.5 Å². The number of nitrogens with zero attached hydrogens (tertiary/aromatic N) is 2. The van der Waals surface area contributed by atoms with Gasteiger partial charge in [-0.3, -0.25) is 9.78 Å². The number of carbonyl (C=O) groups is 2. The number of rotatable bonds is 8. The van der Waals surface area contributed by atoms with Crippen molar-refractivity contribution in [3.05, 3.63) is 57.9 Å². The summed E-state index contributed by atoms with van der Waals surface area (Å²) in [7, 11) is 0. The molecule has 3 rings (SSSR count). The summed E-state index contributed by atoms with van der Waals surface area (Å²) in [6, 6.07) is 7.79. The first-order chi connectivity index (χ1) is 15.7. The molecule has 6 heteroatoms. The van der Waals surface area contributed by atoms with E-state index in [0.29, 0.717) is 12.5 Å². The van der Waals surface area contributed by atoms with Crippen LogP contribution < -0.4 is 10.6 Å². The van der Waals surface area contributed by atoms with E-state index in [9.17, 15) is 9.59 Å². The molecule has 1 aromatic heterocycles. The Morgan fingerprint density at radius 3 is 2.45 bits per heavy atom. The van der Waals surface area contributed by atoms with Crippen molar-refractivity contribution in [2.75, 3.05) is 25.0 Å². The molecule has 1 saturated heterocycles. The summed E-state index contributed by atoms with van der Waals surface area (Å²) in [5.41, 5.74) is 6.74. The molecule has 1 unspecified atom stereocenters. The number of unbranched alkanes of at least 4 members (excludes halogenated alkanes) is 2. The smallest absolute Gasteiger partial charge is 0.319 e. The molecule has 1 aliphatic rings. The van der Waals surface area contributed by atoms with E-state index in [2.05, 4.69) is 34.7 Å². The number of hydrogen-bond acceptors (Lipinski definition) is 3. The summed E-state index contributed by atoms with van der Waals surface area (Å²) in [5, 5.41) is 5.79. The molecule has 2 aromatic rings. The zero-order valence-electron chi connectivity index (χ0n) is 20.8. The van der Waals surface area contributed by atoms with E-state index < -0.39 is 0 Å². The van der Waals surface area contributed by atoms with Gasteiger partial charge in [-0.1, -0.05) is 30.5 Å². The topological polar surface area (TPSA) is 74.3 Å². The number of aromatic nitrogens is 1. The van der Waals surface area contributed by atoms with E-state index in [1.807, 2.05) is 44.7 Å². The predicted molar refractivity (Wildman–Crippen MR) is 134 cm³/mol. The zero-order valence-corrected chi connectivity index (χ0v) is 20.8. The van der Waals surface area contributed by atoms with Gasteiger partial charge in [-0.25, -0.2) is 4.79 Å². The van der Waals surface area contributed by atoms with E-state index >= 15 is 0 Å². The van der Waals surface area contributed by atoms with Gasteiger partial charge in [0.25, 0.3) is 5.91 Å². The van der Waals surface area contributed by atoms with Crippen LogP contribution in [-0.4, -0.2) is 41.5 Å². The van der Waals surface area contributed by atoms with Crippen molar-refractivity contribution in [2.24, 2.45) is 5.92 Å². The quantitative estimate of drug-likeness (QED) is 0.524. The summed E-state index contributed by atoms with van der Waals surface area (Å²) >= 11 is 0. The Hall–Kier alpha value is -2.89. The van der Waals surface area contributed by atoms with Gasteiger partial charge in [0, 0.05) is 30.9 Å². The second-order valence-corrected chi connectivity index (χ2v) is 9.50. The molecule has 0 aliphatic carbocycles. The largest absolute Gasteiger partial charge is 0.338 e. The van der Waals surface area contributed by atoms with Gasteiger partial charge in [-0.15, -0.1) is 0 Å². The highest BCUT2D eigenvalue weighted by atomic mass is 16.2. The maximum absolute atomic E-state index is 13.1. The van der Waals surface area contributed by atoms with Crippen LogP contribution in [-0.2, 0) is 0 Å². The summed E-state index contributed by atoms with van der Waals surface area (Å²) < 4.78 is 0. The van der Waals surface area contributed by atoms with Gasteiger partial charge in [-0.2, -0.15) is 0 Å². The lowest BCUT2D eigenvalue weighted by Crippen LogP contribution is -2.30. The first kappa shape index (κ1) is 24.7. The lowest BCUT2D eigenvalue weighted by Gasteiger charge is -2.20. The van der Waals surface area contributed by atoms with E-state index in [-0.39, 0.29) is 11.9 Å². The number of pyridine rings is 1. The van der Waals surface area contributed by atoms with Crippen LogP contribution in [0.1, 0.15) is 70.5 Å². The van der Waals surface area contributed by atoms with Crippen LogP contribution in [0.5, 0.6) is 0 Å². The van der Waals surface area contributed by atoms with Crippen LogP contribution in [0.4, 0.5) is 10.5 Å². The maximum Gasteiger partial charge on any atom is 0.319 e. The average molecular weight is 451 g/mol. The molecule has 1 aromatic carbocycles. The van der Waals surface area contributed by atoms with Crippen LogP contribution in [0, 0.1) is 40.5 Å². The van der Waals surface area contributed by atoms with E-state index in [1.165, 1.54) is 5.56 Å². The van der Waals surface area contributed by atoms with Crippen molar-refractivity contribution in [3.63, 3.8) is 0 Å². The van der Waals surface area contributed by atoms with E-state index in [4.69, 9.17) is 0 Å². The van der Waals surface area contributed by atoms with Crippen LogP contribution in [0.25, 0.3) is 0 Å². The summed E-state index contributed by atoms with van der Waals surface area (Å²) in [5.74, 6) is 0.759. The third-order valence-electron chi connectivity index (χ3n) is 6.51. The highest BCUT2D eigenvalue weighted by molar-refractivity contribution is 5.97. The minimum Gasteiger partial charge on any atom is -0.338 e. The van der Waals surface area contributed by atoms with Crippen LogP contribution in [0.3, 0.4) is 0 Å². The molecule has 1 atom stereocenters. The van der Waals surface area contributed by atoms with Crippen LogP contribution >= 0.6 is 0 Å². The minimum absolute atomic E-state index is 0.182. The number of urea groups is 1. The van der Waals surface area contributed by atoms with E-state index in [1.54, 1.807) is 0 Å². The van der Waals surface area contributed by atoms with Gasteiger partial charge in [0.1, 0.15) is 0 Å². The zero-order chi connectivity index (χ0) is 24.0. The number of likely N-dealkylation sites (tertiary alicyclic amines) is 1. The Kier molecular flexibility index (Phi) is 8.48. The fourth-order valence-electron chi connectivity index (χ4n) is 4.85. The predicted octanol–water partition coefficient (Wildman–Crippen LogP) is 5.47.